The molecule has 3 rings (SSSR count). The molecule has 1 atom stereocenters. The van der Waals surface area contributed by atoms with Crippen LogP contribution in [0.3, 0.4) is 0 Å². The minimum absolute atomic E-state index is 0.0703. The molecular formula is C17H19N5O. The summed E-state index contributed by atoms with van der Waals surface area (Å²) in [4.78, 5) is 12.3. The molecule has 118 valence electrons. The van der Waals surface area contributed by atoms with Crippen molar-refractivity contribution in [3.63, 3.8) is 0 Å². The van der Waals surface area contributed by atoms with Crippen LogP contribution < -0.4 is 16.8 Å². The van der Waals surface area contributed by atoms with Crippen LogP contribution in [-0.4, -0.2) is 23.3 Å². The van der Waals surface area contributed by atoms with Gasteiger partial charge in [-0.15, -0.1) is 0 Å². The van der Waals surface area contributed by atoms with Crippen LogP contribution in [-0.2, 0) is 6.54 Å². The molecule has 0 spiro atoms. The summed E-state index contributed by atoms with van der Waals surface area (Å²) in [6.07, 6.45) is 2.51. The molecule has 0 aliphatic carbocycles. The smallest absolute Gasteiger partial charge is 0.255 e. The van der Waals surface area contributed by atoms with Crippen molar-refractivity contribution in [2.24, 2.45) is 10.8 Å². The Balaban J connectivity index is 1.66. The molecule has 1 amide bonds. The molecule has 2 aromatic carbocycles. The summed E-state index contributed by atoms with van der Waals surface area (Å²) in [6, 6.07) is 14.6. The second-order valence-electron chi connectivity index (χ2n) is 5.44. The van der Waals surface area contributed by atoms with Crippen molar-refractivity contribution in [3.8, 4) is 0 Å². The molecule has 6 nitrogen and oxygen atoms in total. The lowest BCUT2D eigenvalue weighted by Crippen LogP contribution is -2.34. The lowest BCUT2D eigenvalue weighted by Gasteiger charge is -2.20. The normalized spacial score (nSPS) is 16.6. The fourth-order valence-electron chi connectivity index (χ4n) is 2.38. The van der Waals surface area contributed by atoms with Gasteiger partial charge < -0.3 is 16.8 Å². The maximum absolute atomic E-state index is 12.3. The number of nitrogen functional groups attached to an aromatic ring is 1. The number of nitrogens with zero attached hydrogens (tertiary/aromatic N) is 2. The third kappa shape index (κ3) is 3.49. The van der Waals surface area contributed by atoms with Crippen molar-refractivity contribution in [1.82, 2.24) is 5.01 Å². The summed E-state index contributed by atoms with van der Waals surface area (Å²) < 4.78 is 0. The van der Waals surface area contributed by atoms with Crippen molar-refractivity contribution in [2.75, 3.05) is 11.1 Å². The molecule has 1 heterocycles. The molecule has 1 aliphatic rings. The van der Waals surface area contributed by atoms with Gasteiger partial charge in [0.05, 0.1) is 24.1 Å². The number of nitrogens with one attached hydrogen (secondary N) is 1. The summed E-state index contributed by atoms with van der Waals surface area (Å²) in [6.45, 7) is 0.630. The highest BCUT2D eigenvalue weighted by molar-refractivity contribution is 6.05. The monoisotopic (exact) mass is 309 g/mol. The van der Waals surface area contributed by atoms with Gasteiger partial charge in [-0.1, -0.05) is 24.3 Å². The molecule has 1 aliphatic heterocycles. The Hall–Kier alpha value is -2.86. The third-order valence-corrected chi connectivity index (χ3v) is 3.73. The number of anilines is 2. The number of nitrogens with two attached hydrogens (primary N) is 2. The van der Waals surface area contributed by atoms with E-state index in [-0.39, 0.29) is 12.1 Å². The minimum Gasteiger partial charge on any atom is -0.397 e. The highest BCUT2D eigenvalue weighted by Crippen LogP contribution is 2.18. The Labute approximate surface area is 134 Å². The summed E-state index contributed by atoms with van der Waals surface area (Å²) in [5.74, 6) is -0.189. The largest absolute Gasteiger partial charge is 0.397 e. The molecule has 2 aromatic rings. The molecule has 23 heavy (non-hydrogen) atoms. The molecule has 5 N–H and O–H groups in total. The Kier molecular flexibility index (Phi) is 4.25. The number of carbonyl (C=O) groups is 1. The molecular weight excluding hydrogens is 290 g/mol. The van der Waals surface area contributed by atoms with E-state index in [1.54, 1.807) is 24.3 Å². The highest BCUT2D eigenvalue weighted by Gasteiger charge is 2.16. The van der Waals surface area contributed by atoms with Gasteiger partial charge >= 0.3 is 0 Å². The first kappa shape index (κ1) is 15.1. The molecule has 1 unspecified atom stereocenters. The summed E-state index contributed by atoms with van der Waals surface area (Å²) in [5, 5.41) is 8.87. The molecule has 6 heteroatoms. The molecule has 0 saturated carbocycles. The Morgan fingerprint density at radius 1 is 1.22 bits per heavy atom. The van der Waals surface area contributed by atoms with Gasteiger partial charge in [-0.05, 0) is 29.8 Å². The van der Waals surface area contributed by atoms with Crippen LogP contribution in [0.5, 0.6) is 0 Å². The lowest BCUT2D eigenvalue weighted by atomic mass is 10.1. The predicted molar refractivity (Wildman–Crippen MR) is 91.9 cm³/mol. The van der Waals surface area contributed by atoms with E-state index in [0.717, 1.165) is 12.0 Å². The predicted octanol–water partition coefficient (Wildman–Crippen LogP) is 2.00. The number of hydrogen-bond acceptors (Lipinski definition) is 5. The first-order valence-corrected chi connectivity index (χ1v) is 7.43. The van der Waals surface area contributed by atoms with E-state index in [4.69, 9.17) is 11.5 Å². The number of carbonyl (C=O) groups excluding carboxylic acids is 1. The molecule has 0 aromatic heterocycles. The fourth-order valence-corrected chi connectivity index (χ4v) is 2.38. The van der Waals surface area contributed by atoms with Crippen molar-refractivity contribution in [3.05, 3.63) is 59.7 Å². The van der Waals surface area contributed by atoms with Crippen molar-refractivity contribution < 1.29 is 4.79 Å². The Morgan fingerprint density at radius 2 is 1.96 bits per heavy atom. The van der Waals surface area contributed by atoms with E-state index >= 15 is 0 Å². The van der Waals surface area contributed by atoms with Gasteiger partial charge in [0.15, 0.2) is 0 Å². The van der Waals surface area contributed by atoms with Crippen LogP contribution >= 0.6 is 0 Å². The number of benzene rings is 2. The minimum atomic E-state index is -0.189. The van der Waals surface area contributed by atoms with E-state index in [2.05, 4.69) is 10.4 Å². The van der Waals surface area contributed by atoms with E-state index in [1.165, 1.54) is 0 Å². The molecule has 0 radical (unpaired) electrons. The summed E-state index contributed by atoms with van der Waals surface area (Å²) >= 11 is 0. The number of hydrogen-bond donors (Lipinski definition) is 3. The van der Waals surface area contributed by atoms with Gasteiger partial charge in [0.2, 0.25) is 0 Å². The molecule has 0 bridgehead atoms. The van der Waals surface area contributed by atoms with Crippen molar-refractivity contribution >= 4 is 23.5 Å². The average Bonchev–Trinajstić information content (AvgIpc) is 2.95. The maximum atomic E-state index is 12.3. The maximum Gasteiger partial charge on any atom is 0.255 e. The molecule has 0 fully saturated rings. The van der Waals surface area contributed by atoms with E-state index in [1.807, 2.05) is 35.5 Å². The summed E-state index contributed by atoms with van der Waals surface area (Å²) in [7, 11) is 0. The number of hydrazone groups is 1. The quantitative estimate of drug-likeness (QED) is 0.752. The summed E-state index contributed by atoms with van der Waals surface area (Å²) in [5.41, 5.74) is 14.5. The van der Waals surface area contributed by atoms with Crippen LogP contribution in [0, 0.1) is 0 Å². The van der Waals surface area contributed by atoms with Gasteiger partial charge in [0, 0.05) is 18.2 Å². The standard InChI is InChI=1S/C17H19N5O/c18-14-3-1-2-4-15(14)21-17(23)13-7-5-12(6-8-13)11-22-16(19)9-10-20-22/h1-8,10,16H,9,11,18-19H2,(H,21,23). The zero-order valence-electron chi connectivity index (χ0n) is 12.6. The van der Waals surface area contributed by atoms with Crippen LogP contribution in [0.4, 0.5) is 11.4 Å². The van der Waals surface area contributed by atoms with Gasteiger partial charge in [-0.25, -0.2) is 0 Å². The first-order valence-electron chi connectivity index (χ1n) is 7.43. The number of amides is 1. The van der Waals surface area contributed by atoms with Crippen LogP contribution in [0.2, 0.25) is 0 Å². The SMILES string of the molecule is Nc1ccccc1NC(=O)c1ccc(CN2N=CCC2N)cc1. The van der Waals surface area contributed by atoms with Gasteiger partial charge in [-0.2, -0.15) is 5.10 Å². The third-order valence-electron chi connectivity index (χ3n) is 3.73. The van der Waals surface area contributed by atoms with Crippen molar-refractivity contribution in [2.45, 2.75) is 19.1 Å². The van der Waals surface area contributed by atoms with E-state index in [9.17, 15) is 4.79 Å². The van der Waals surface area contributed by atoms with E-state index in [0.29, 0.717) is 23.5 Å². The first-order chi connectivity index (χ1) is 11.1. The van der Waals surface area contributed by atoms with Gasteiger partial charge in [-0.3, -0.25) is 9.80 Å². The van der Waals surface area contributed by atoms with Crippen LogP contribution in [0.25, 0.3) is 0 Å². The highest BCUT2D eigenvalue weighted by atomic mass is 16.1. The van der Waals surface area contributed by atoms with E-state index < -0.39 is 0 Å². The number of para-hydroxylation sites is 2. The number of rotatable bonds is 4. The zero-order valence-corrected chi connectivity index (χ0v) is 12.6. The topological polar surface area (TPSA) is 96.7 Å². The average molecular weight is 309 g/mol. The van der Waals surface area contributed by atoms with Crippen LogP contribution in [0.15, 0.2) is 53.6 Å². The fraction of sp³-hybridized carbons (Fsp3) is 0.176. The Bertz CT molecular complexity index is 726. The lowest BCUT2D eigenvalue weighted by molar-refractivity contribution is 0.102. The van der Waals surface area contributed by atoms with Crippen LogP contribution in [0.1, 0.15) is 22.3 Å². The Morgan fingerprint density at radius 3 is 2.61 bits per heavy atom. The second kappa shape index (κ2) is 6.50. The van der Waals surface area contributed by atoms with Crippen molar-refractivity contribution in [1.29, 1.82) is 0 Å². The second-order valence-corrected chi connectivity index (χ2v) is 5.44. The van der Waals surface area contributed by atoms with Gasteiger partial charge in [0.1, 0.15) is 0 Å². The molecule has 0 saturated heterocycles. The van der Waals surface area contributed by atoms with Gasteiger partial charge in [0.25, 0.3) is 5.91 Å². The zero-order chi connectivity index (χ0) is 16.2.